The highest BCUT2D eigenvalue weighted by Crippen LogP contribution is 2.19. The van der Waals surface area contributed by atoms with E-state index in [-0.39, 0.29) is 24.8 Å². The molecule has 0 saturated carbocycles. The van der Waals surface area contributed by atoms with Crippen LogP contribution in [0, 0.1) is 0 Å². The highest BCUT2D eigenvalue weighted by atomic mass is 16.5. The van der Waals surface area contributed by atoms with Crippen molar-refractivity contribution in [3.63, 3.8) is 0 Å². The molecular weight excluding hydrogens is 332 g/mol. The predicted octanol–water partition coefficient (Wildman–Crippen LogP) is 4.02. The van der Waals surface area contributed by atoms with Crippen molar-refractivity contribution in [2.24, 2.45) is 0 Å². The van der Waals surface area contributed by atoms with E-state index in [9.17, 15) is 9.59 Å². The van der Waals surface area contributed by atoms with Crippen LogP contribution in [0.5, 0.6) is 0 Å². The lowest BCUT2D eigenvalue weighted by atomic mass is 10.0. The molecule has 0 spiro atoms. The van der Waals surface area contributed by atoms with Gasteiger partial charge in [0.15, 0.2) is 0 Å². The van der Waals surface area contributed by atoms with Crippen LogP contribution in [0.15, 0.2) is 71.1 Å². The van der Waals surface area contributed by atoms with Gasteiger partial charge >= 0.3 is 11.9 Å². The Morgan fingerprint density at radius 2 is 1.58 bits per heavy atom. The number of ether oxygens (including phenoxy) is 2. The number of rotatable bonds is 6. The normalized spacial score (nSPS) is 10.3. The fraction of sp³-hybridized carbons (Fsp3) is 0.143. The third-order valence-corrected chi connectivity index (χ3v) is 3.83. The van der Waals surface area contributed by atoms with Crippen molar-refractivity contribution in [2.45, 2.75) is 13.0 Å². The molecule has 0 saturated heterocycles. The van der Waals surface area contributed by atoms with Gasteiger partial charge in [-0.05, 0) is 28.8 Å². The molecular formula is C21H18O5. The summed E-state index contributed by atoms with van der Waals surface area (Å²) >= 11 is 0. The summed E-state index contributed by atoms with van der Waals surface area (Å²) in [5.41, 5.74) is 3.08. The first-order valence-electron chi connectivity index (χ1n) is 8.13. The molecule has 0 aliphatic carbocycles. The van der Waals surface area contributed by atoms with E-state index in [1.165, 1.54) is 13.2 Å². The third-order valence-electron chi connectivity index (χ3n) is 3.83. The van der Waals surface area contributed by atoms with Crippen molar-refractivity contribution >= 4 is 11.9 Å². The molecule has 132 valence electrons. The lowest BCUT2D eigenvalue weighted by Crippen LogP contribution is -2.07. The molecule has 0 bridgehead atoms. The number of methoxy groups -OCH3 is 1. The number of furan rings is 1. The van der Waals surface area contributed by atoms with Gasteiger partial charge in [-0.3, -0.25) is 4.79 Å². The predicted molar refractivity (Wildman–Crippen MR) is 95.4 cm³/mol. The molecule has 0 radical (unpaired) electrons. The van der Waals surface area contributed by atoms with Crippen LogP contribution in [0.2, 0.25) is 0 Å². The second-order valence-corrected chi connectivity index (χ2v) is 5.66. The second kappa shape index (κ2) is 8.16. The van der Waals surface area contributed by atoms with Crippen LogP contribution in [0.3, 0.4) is 0 Å². The summed E-state index contributed by atoms with van der Waals surface area (Å²) < 4.78 is 15.0. The second-order valence-electron chi connectivity index (χ2n) is 5.66. The van der Waals surface area contributed by atoms with Crippen LogP contribution in [-0.2, 0) is 27.3 Å². The van der Waals surface area contributed by atoms with E-state index < -0.39 is 5.97 Å². The summed E-state index contributed by atoms with van der Waals surface area (Å²) in [5.74, 6) is -0.470. The van der Waals surface area contributed by atoms with Crippen LogP contribution in [-0.4, -0.2) is 19.0 Å². The molecule has 2 aromatic carbocycles. The van der Waals surface area contributed by atoms with Crippen LogP contribution in [0.1, 0.15) is 21.9 Å². The monoisotopic (exact) mass is 350 g/mol. The molecule has 0 aliphatic heterocycles. The van der Waals surface area contributed by atoms with Crippen molar-refractivity contribution in [1.82, 2.24) is 0 Å². The molecule has 5 heteroatoms. The standard InChI is InChI=1S/C21H18O5/c1-24-21(23)19-12-11-18(26-19)14-25-20(22)13-15-7-9-17(10-8-15)16-5-3-2-4-6-16/h2-12H,13-14H2,1H3. The first-order valence-corrected chi connectivity index (χ1v) is 8.13. The van der Waals surface area contributed by atoms with E-state index in [0.717, 1.165) is 16.7 Å². The van der Waals surface area contributed by atoms with Crippen LogP contribution >= 0.6 is 0 Å². The van der Waals surface area contributed by atoms with E-state index in [4.69, 9.17) is 9.15 Å². The summed E-state index contributed by atoms with van der Waals surface area (Å²) in [6, 6.07) is 20.9. The Labute approximate surface area is 151 Å². The van der Waals surface area contributed by atoms with Gasteiger partial charge < -0.3 is 13.9 Å². The Hall–Kier alpha value is -3.34. The first-order chi connectivity index (χ1) is 12.7. The zero-order valence-electron chi connectivity index (χ0n) is 14.3. The summed E-state index contributed by atoms with van der Waals surface area (Å²) in [6.45, 7) is -0.0298. The molecule has 1 aromatic heterocycles. The van der Waals surface area contributed by atoms with Gasteiger partial charge in [0.1, 0.15) is 12.4 Å². The number of hydrogen-bond acceptors (Lipinski definition) is 5. The topological polar surface area (TPSA) is 65.7 Å². The van der Waals surface area contributed by atoms with Gasteiger partial charge in [-0.25, -0.2) is 4.79 Å². The quantitative estimate of drug-likeness (QED) is 0.628. The van der Waals surface area contributed by atoms with E-state index in [0.29, 0.717) is 5.76 Å². The van der Waals surface area contributed by atoms with E-state index >= 15 is 0 Å². The number of hydrogen-bond donors (Lipinski definition) is 0. The Morgan fingerprint density at radius 3 is 2.27 bits per heavy atom. The summed E-state index contributed by atoms with van der Waals surface area (Å²) in [6.07, 6.45) is 0.166. The van der Waals surface area contributed by atoms with E-state index in [2.05, 4.69) is 4.74 Å². The van der Waals surface area contributed by atoms with Crippen molar-refractivity contribution < 1.29 is 23.5 Å². The fourth-order valence-electron chi connectivity index (χ4n) is 2.48. The maximum absolute atomic E-state index is 12.0. The molecule has 0 fully saturated rings. The maximum atomic E-state index is 12.0. The van der Waals surface area contributed by atoms with Crippen molar-refractivity contribution in [3.8, 4) is 11.1 Å². The van der Waals surface area contributed by atoms with Crippen LogP contribution in [0.4, 0.5) is 0 Å². The molecule has 0 aliphatic rings. The van der Waals surface area contributed by atoms with Crippen LogP contribution in [0.25, 0.3) is 11.1 Å². The Kier molecular flexibility index (Phi) is 5.49. The van der Waals surface area contributed by atoms with Crippen LogP contribution < -0.4 is 0 Å². The number of carbonyl (C=O) groups is 2. The highest BCUT2D eigenvalue weighted by Gasteiger charge is 2.12. The zero-order valence-corrected chi connectivity index (χ0v) is 14.3. The zero-order chi connectivity index (χ0) is 18.4. The number of benzene rings is 2. The summed E-state index contributed by atoms with van der Waals surface area (Å²) in [5, 5.41) is 0. The van der Waals surface area contributed by atoms with Crippen molar-refractivity contribution in [2.75, 3.05) is 7.11 Å². The van der Waals surface area contributed by atoms with E-state index in [1.807, 2.05) is 54.6 Å². The van der Waals surface area contributed by atoms with Gasteiger partial charge in [-0.15, -0.1) is 0 Å². The molecule has 0 amide bonds. The van der Waals surface area contributed by atoms with Gasteiger partial charge in [0.25, 0.3) is 0 Å². The molecule has 3 aromatic rings. The summed E-state index contributed by atoms with van der Waals surface area (Å²) in [7, 11) is 1.27. The molecule has 1 heterocycles. The average molecular weight is 350 g/mol. The van der Waals surface area contributed by atoms with Gasteiger partial charge in [0, 0.05) is 0 Å². The number of esters is 2. The smallest absolute Gasteiger partial charge is 0.373 e. The van der Waals surface area contributed by atoms with E-state index in [1.54, 1.807) is 6.07 Å². The van der Waals surface area contributed by atoms with Crippen molar-refractivity contribution in [3.05, 3.63) is 83.8 Å². The molecule has 0 atom stereocenters. The molecule has 26 heavy (non-hydrogen) atoms. The lowest BCUT2D eigenvalue weighted by molar-refractivity contribution is -0.144. The average Bonchev–Trinajstić information content (AvgIpc) is 3.16. The minimum Gasteiger partial charge on any atom is -0.463 e. The SMILES string of the molecule is COC(=O)c1ccc(COC(=O)Cc2ccc(-c3ccccc3)cc2)o1. The van der Waals surface area contributed by atoms with Gasteiger partial charge in [0.2, 0.25) is 5.76 Å². The molecule has 3 rings (SSSR count). The lowest BCUT2D eigenvalue weighted by Gasteiger charge is -2.05. The Morgan fingerprint density at radius 1 is 0.885 bits per heavy atom. The number of carbonyl (C=O) groups excluding carboxylic acids is 2. The minimum absolute atomic E-state index is 0.0298. The van der Waals surface area contributed by atoms with Gasteiger partial charge in [-0.2, -0.15) is 0 Å². The fourth-order valence-corrected chi connectivity index (χ4v) is 2.48. The van der Waals surface area contributed by atoms with Gasteiger partial charge in [-0.1, -0.05) is 54.6 Å². The van der Waals surface area contributed by atoms with Crippen molar-refractivity contribution in [1.29, 1.82) is 0 Å². The maximum Gasteiger partial charge on any atom is 0.373 e. The minimum atomic E-state index is -0.568. The summed E-state index contributed by atoms with van der Waals surface area (Å²) in [4.78, 5) is 23.3. The molecule has 5 nitrogen and oxygen atoms in total. The molecule has 0 unspecified atom stereocenters. The Balaban J connectivity index is 1.53. The Bertz CT molecular complexity index is 878. The molecule has 0 N–H and O–H groups in total. The van der Waals surface area contributed by atoms with Gasteiger partial charge in [0.05, 0.1) is 13.5 Å². The third kappa shape index (κ3) is 4.39. The first kappa shape index (κ1) is 17.5. The largest absolute Gasteiger partial charge is 0.463 e. The highest BCUT2D eigenvalue weighted by molar-refractivity contribution is 5.86.